The molecule has 0 spiro atoms. The van der Waals surface area contributed by atoms with Gasteiger partial charge in [0.2, 0.25) is 0 Å². The van der Waals surface area contributed by atoms with E-state index in [1.807, 2.05) is 6.07 Å². The van der Waals surface area contributed by atoms with Gasteiger partial charge in [0, 0.05) is 12.6 Å². The van der Waals surface area contributed by atoms with Gasteiger partial charge in [-0.05, 0) is 42.5 Å². The van der Waals surface area contributed by atoms with Crippen LogP contribution in [0.15, 0.2) is 18.2 Å². The summed E-state index contributed by atoms with van der Waals surface area (Å²) in [6.07, 6.45) is 3.72. The molecule has 17 heavy (non-hydrogen) atoms. The first-order valence-corrected chi connectivity index (χ1v) is 6.16. The van der Waals surface area contributed by atoms with Crippen molar-refractivity contribution in [3.05, 3.63) is 35.1 Å². The number of hydrogen-bond donors (Lipinski definition) is 1. The van der Waals surface area contributed by atoms with Crippen LogP contribution in [0.4, 0.5) is 4.39 Å². The molecule has 0 aliphatic heterocycles. The second kappa shape index (κ2) is 5.29. The van der Waals surface area contributed by atoms with Crippen molar-refractivity contribution in [1.29, 1.82) is 5.26 Å². The molecule has 1 fully saturated rings. The molecule has 1 N–H and O–H groups in total. The lowest BCUT2D eigenvalue weighted by molar-refractivity contribution is 0.592. The minimum Gasteiger partial charge on any atom is -0.310 e. The number of benzene rings is 1. The van der Waals surface area contributed by atoms with Crippen molar-refractivity contribution in [2.45, 2.75) is 38.8 Å². The van der Waals surface area contributed by atoms with E-state index in [1.165, 1.54) is 31.4 Å². The Labute approximate surface area is 101 Å². The Hall–Kier alpha value is -1.40. The van der Waals surface area contributed by atoms with Gasteiger partial charge in [-0.2, -0.15) is 5.26 Å². The Bertz CT molecular complexity index is 436. The van der Waals surface area contributed by atoms with E-state index < -0.39 is 0 Å². The summed E-state index contributed by atoms with van der Waals surface area (Å²) in [7, 11) is 0. The summed E-state index contributed by atoms with van der Waals surface area (Å²) in [5, 5.41) is 12.2. The van der Waals surface area contributed by atoms with Gasteiger partial charge in [-0.1, -0.05) is 13.3 Å². The first-order valence-electron chi connectivity index (χ1n) is 6.16. The topological polar surface area (TPSA) is 35.8 Å². The molecular weight excluding hydrogens is 215 g/mol. The Morgan fingerprint density at radius 3 is 3.00 bits per heavy atom. The van der Waals surface area contributed by atoms with Crippen molar-refractivity contribution in [1.82, 2.24) is 5.32 Å². The third kappa shape index (κ3) is 3.28. The van der Waals surface area contributed by atoms with Crippen LogP contribution in [0.5, 0.6) is 0 Å². The number of nitriles is 1. The molecule has 1 saturated carbocycles. The summed E-state index contributed by atoms with van der Waals surface area (Å²) in [4.78, 5) is 0. The third-order valence-corrected chi connectivity index (χ3v) is 3.24. The molecule has 0 bridgehead atoms. The van der Waals surface area contributed by atoms with E-state index in [0.29, 0.717) is 18.2 Å². The van der Waals surface area contributed by atoms with Crippen molar-refractivity contribution in [3.63, 3.8) is 0 Å². The normalized spacial score (nSPS) is 22.2. The quantitative estimate of drug-likeness (QED) is 0.847. The maximum absolute atomic E-state index is 13.2. The van der Waals surface area contributed by atoms with Crippen LogP contribution in [0.25, 0.3) is 0 Å². The minimum atomic E-state index is -0.332. The van der Waals surface area contributed by atoms with Gasteiger partial charge in [0.15, 0.2) is 0 Å². The largest absolute Gasteiger partial charge is 0.310 e. The molecule has 1 aliphatic rings. The highest BCUT2D eigenvalue weighted by Crippen LogP contribution is 2.34. The monoisotopic (exact) mass is 232 g/mol. The summed E-state index contributed by atoms with van der Waals surface area (Å²) < 4.78 is 13.2. The van der Waals surface area contributed by atoms with E-state index in [2.05, 4.69) is 12.2 Å². The molecule has 3 heteroatoms. The number of hydrogen-bond acceptors (Lipinski definition) is 2. The zero-order chi connectivity index (χ0) is 12.3. The summed E-state index contributed by atoms with van der Waals surface area (Å²) in [6.45, 7) is 2.85. The number of rotatable bonds is 5. The SMILES string of the molecule is CCCC1CC1NCc1cc(F)cc(C#N)c1. The Morgan fingerprint density at radius 1 is 1.47 bits per heavy atom. The fourth-order valence-corrected chi connectivity index (χ4v) is 2.25. The van der Waals surface area contributed by atoms with Gasteiger partial charge in [-0.25, -0.2) is 4.39 Å². The first kappa shape index (κ1) is 12.1. The van der Waals surface area contributed by atoms with Crippen molar-refractivity contribution in [2.24, 2.45) is 5.92 Å². The molecule has 90 valence electrons. The molecule has 0 saturated heterocycles. The minimum absolute atomic E-state index is 0.332. The predicted octanol–water partition coefficient (Wildman–Crippen LogP) is 2.98. The Kier molecular flexibility index (Phi) is 3.75. The van der Waals surface area contributed by atoms with Gasteiger partial charge >= 0.3 is 0 Å². The van der Waals surface area contributed by atoms with Crippen molar-refractivity contribution < 1.29 is 4.39 Å². The molecule has 0 amide bonds. The van der Waals surface area contributed by atoms with Gasteiger partial charge in [-0.15, -0.1) is 0 Å². The predicted molar refractivity (Wildman–Crippen MR) is 64.8 cm³/mol. The summed E-state index contributed by atoms with van der Waals surface area (Å²) in [5.41, 5.74) is 1.24. The van der Waals surface area contributed by atoms with Gasteiger partial charge in [0.1, 0.15) is 5.82 Å². The van der Waals surface area contributed by atoms with Crippen LogP contribution in [-0.2, 0) is 6.54 Å². The highest BCUT2D eigenvalue weighted by molar-refractivity contribution is 5.33. The summed E-state index contributed by atoms with van der Waals surface area (Å²) in [6, 6.07) is 7.06. The number of nitrogens with zero attached hydrogens (tertiary/aromatic N) is 1. The van der Waals surface area contributed by atoms with Crippen LogP contribution >= 0.6 is 0 Å². The van der Waals surface area contributed by atoms with E-state index in [1.54, 1.807) is 6.07 Å². The highest BCUT2D eigenvalue weighted by atomic mass is 19.1. The summed E-state index contributed by atoms with van der Waals surface area (Å²) >= 11 is 0. The molecule has 1 aromatic carbocycles. The van der Waals surface area contributed by atoms with Crippen LogP contribution < -0.4 is 5.32 Å². The molecule has 0 radical (unpaired) electrons. The van der Waals surface area contributed by atoms with Crippen molar-refractivity contribution >= 4 is 0 Å². The van der Waals surface area contributed by atoms with E-state index in [9.17, 15) is 4.39 Å². The average molecular weight is 232 g/mol. The fraction of sp³-hybridized carbons (Fsp3) is 0.500. The maximum Gasteiger partial charge on any atom is 0.124 e. The second-order valence-corrected chi connectivity index (χ2v) is 4.73. The van der Waals surface area contributed by atoms with Crippen LogP contribution in [0, 0.1) is 23.1 Å². The lowest BCUT2D eigenvalue weighted by atomic mass is 10.1. The first-order chi connectivity index (χ1) is 8.22. The standard InChI is InChI=1S/C14H17FN2/c1-2-3-12-7-14(12)17-9-11-4-10(8-16)5-13(15)6-11/h4-6,12,14,17H,2-3,7,9H2,1H3. The van der Waals surface area contributed by atoms with E-state index in [4.69, 9.17) is 5.26 Å². The molecule has 2 atom stereocenters. The maximum atomic E-state index is 13.2. The van der Waals surface area contributed by atoms with Crippen LogP contribution in [0.1, 0.15) is 37.3 Å². The average Bonchev–Trinajstić information content (AvgIpc) is 3.05. The van der Waals surface area contributed by atoms with Gasteiger partial charge in [0.05, 0.1) is 11.6 Å². The Morgan fingerprint density at radius 2 is 2.29 bits per heavy atom. The van der Waals surface area contributed by atoms with E-state index in [0.717, 1.165) is 11.5 Å². The van der Waals surface area contributed by atoms with Gasteiger partial charge in [0.25, 0.3) is 0 Å². The highest BCUT2D eigenvalue weighted by Gasteiger charge is 2.35. The van der Waals surface area contributed by atoms with E-state index >= 15 is 0 Å². The zero-order valence-corrected chi connectivity index (χ0v) is 10.0. The molecule has 2 rings (SSSR count). The molecule has 1 aliphatic carbocycles. The molecule has 0 heterocycles. The smallest absolute Gasteiger partial charge is 0.124 e. The molecule has 2 unspecified atom stereocenters. The molecule has 0 aromatic heterocycles. The molecule has 1 aromatic rings. The third-order valence-electron chi connectivity index (χ3n) is 3.24. The lowest BCUT2D eigenvalue weighted by Gasteiger charge is -2.05. The number of nitrogens with one attached hydrogen (secondary N) is 1. The molecular formula is C14H17FN2. The van der Waals surface area contributed by atoms with Gasteiger partial charge < -0.3 is 5.32 Å². The van der Waals surface area contributed by atoms with Crippen molar-refractivity contribution in [2.75, 3.05) is 0 Å². The summed E-state index contributed by atoms with van der Waals surface area (Å²) in [5.74, 6) is 0.464. The Balaban J connectivity index is 1.88. The lowest BCUT2D eigenvalue weighted by Crippen LogP contribution is -2.17. The van der Waals surface area contributed by atoms with Crippen LogP contribution in [-0.4, -0.2) is 6.04 Å². The second-order valence-electron chi connectivity index (χ2n) is 4.73. The van der Waals surface area contributed by atoms with E-state index in [-0.39, 0.29) is 5.82 Å². The number of halogens is 1. The van der Waals surface area contributed by atoms with Crippen molar-refractivity contribution in [3.8, 4) is 6.07 Å². The zero-order valence-electron chi connectivity index (χ0n) is 10.0. The molecule has 2 nitrogen and oxygen atoms in total. The van der Waals surface area contributed by atoms with Crippen LogP contribution in [0.3, 0.4) is 0 Å². The fourth-order valence-electron chi connectivity index (χ4n) is 2.25. The van der Waals surface area contributed by atoms with Crippen LogP contribution in [0.2, 0.25) is 0 Å². The van der Waals surface area contributed by atoms with Gasteiger partial charge in [-0.3, -0.25) is 0 Å².